The average Bonchev–Trinajstić information content (AvgIpc) is 3.11. The number of nitrogens with one attached hydrogen (secondary N) is 1. The molecular formula is C26H26N4O. The van der Waals surface area contributed by atoms with Crippen molar-refractivity contribution in [1.82, 2.24) is 14.8 Å². The molecule has 156 valence electrons. The summed E-state index contributed by atoms with van der Waals surface area (Å²) in [5.41, 5.74) is 7.76. The van der Waals surface area contributed by atoms with E-state index in [9.17, 15) is 4.79 Å². The number of nitrogens with zero attached hydrogens (tertiary/aromatic N) is 3. The summed E-state index contributed by atoms with van der Waals surface area (Å²) in [6.07, 6.45) is 2.69. The van der Waals surface area contributed by atoms with Gasteiger partial charge in [0, 0.05) is 28.7 Å². The van der Waals surface area contributed by atoms with Crippen molar-refractivity contribution in [3.63, 3.8) is 0 Å². The molecule has 0 aliphatic heterocycles. The van der Waals surface area contributed by atoms with Crippen molar-refractivity contribution in [2.45, 2.75) is 33.7 Å². The lowest BCUT2D eigenvalue weighted by Gasteiger charge is -2.12. The van der Waals surface area contributed by atoms with Crippen molar-refractivity contribution in [2.24, 2.45) is 0 Å². The number of aryl methyl sites for hydroxylation is 3. The van der Waals surface area contributed by atoms with E-state index in [0.29, 0.717) is 12.1 Å². The Morgan fingerprint density at radius 1 is 1.00 bits per heavy atom. The summed E-state index contributed by atoms with van der Waals surface area (Å²) in [5, 5.41) is 7.52. The Hall–Kier alpha value is -3.73. The number of carbonyl (C=O) groups excluding carboxylic acids is 1. The summed E-state index contributed by atoms with van der Waals surface area (Å²) in [7, 11) is 0. The zero-order chi connectivity index (χ0) is 21.8. The molecule has 0 saturated heterocycles. The van der Waals surface area contributed by atoms with Gasteiger partial charge in [-0.25, -0.2) is 0 Å². The predicted octanol–water partition coefficient (Wildman–Crippen LogP) is 5.42. The minimum atomic E-state index is -0.131. The number of amides is 1. The fourth-order valence-electron chi connectivity index (χ4n) is 3.70. The molecule has 31 heavy (non-hydrogen) atoms. The molecule has 0 unspecified atom stereocenters. The molecule has 5 heteroatoms. The van der Waals surface area contributed by atoms with Crippen LogP contribution >= 0.6 is 0 Å². The Balaban J connectivity index is 1.50. The molecule has 5 nitrogen and oxygen atoms in total. The Labute approximate surface area is 182 Å². The molecule has 4 rings (SSSR count). The fourth-order valence-corrected chi connectivity index (χ4v) is 3.70. The van der Waals surface area contributed by atoms with Crippen molar-refractivity contribution in [1.29, 1.82) is 0 Å². The Kier molecular flexibility index (Phi) is 5.94. The molecule has 1 amide bonds. The minimum absolute atomic E-state index is 0.131. The van der Waals surface area contributed by atoms with Crippen LogP contribution in [0, 0.1) is 13.8 Å². The van der Waals surface area contributed by atoms with Gasteiger partial charge in [-0.15, -0.1) is 0 Å². The van der Waals surface area contributed by atoms with E-state index in [4.69, 9.17) is 0 Å². The van der Waals surface area contributed by atoms with Crippen LogP contribution in [0.5, 0.6) is 0 Å². The number of hydrogen-bond donors (Lipinski definition) is 1. The molecule has 0 fully saturated rings. The SMILES string of the molecule is CCc1ccc(NC(=O)c2ccc(Cn3nc(C)cc3C)cc2)cc1-c1ccccn1. The molecule has 0 bridgehead atoms. The van der Waals surface area contributed by atoms with Crippen LogP contribution in [0.25, 0.3) is 11.3 Å². The Morgan fingerprint density at radius 2 is 1.81 bits per heavy atom. The van der Waals surface area contributed by atoms with Gasteiger partial charge in [0.2, 0.25) is 0 Å². The van der Waals surface area contributed by atoms with E-state index in [2.05, 4.69) is 34.5 Å². The van der Waals surface area contributed by atoms with Crippen molar-refractivity contribution in [3.8, 4) is 11.3 Å². The number of hydrogen-bond acceptors (Lipinski definition) is 3. The van der Waals surface area contributed by atoms with Crippen LogP contribution < -0.4 is 5.32 Å². The fraction of sp³-hybridized carbons (Fsp3) is 0.192. The largest absolute Gasteiger partial charge is 0.322 e. The van der Waals surface area contributed by atoms with Gasteiger partial charge in [-0.1, -0.05) is 31.2 Å². The van der Waals surface area contributed by atoms with Crippen LogP contribution in [-0.2, 0) is 13.0 Å². The normalized spacial score (nSPS) is 10.8. The Morgan fingerprint density at radius 3 is 2.45 bits per heavy atom. The van der Waals surface area contributed by atoms with E-state index in [1.165, 1.54) is 5.56 Å². The quantitative estimate of drug-likeness (QED) is 0.461. The van der Waals surface area contributed by atoms with Crippen LogP contribution in [0.15, 0.2) is 72.9 Å². The highest BCUT2D eigenvalue weighted by Gasteiger charge is 2.11. The number of aromatic nitrogens is 3. The summed E-state index contributed by atoms with van der Waals surface area (Å²) in [5.74, 6) is -0.131. The summed E-state index contributed by atoms with van der Waals surface area (Å²) in [6, 6.07) is 21.6. The summed E-state index contributed by atoms with van der Waals surface area (Å²) >= 11 is 0. The highest BCUT2D eigenvalue weighted by atomic mass is 16.1. The maximum atomic E-state index is 12.8. The first-order valence-corrected chi connectivity index (χ1v) is 10.5. The number of pyridine rings is 1. The predicted molar refractivity (Wildman–Crippen MR) is 124 cm³/mol. The van der Waals surface area contributed by atoms with Crippen LogP contribution in [0.4, 0.5) is 5.69 Å². The molecular weight excluding hydrogens is 384 g/mol. The third-order valence-corrected chi connectivity index (χ3v) is 5.34. The maximum Gasteiger partial charge on any atom is 0.255 e. The van der Waals surface area contributed by atoms with Gasteiger partial charge in [0.15, 0.2) is 0 Å². The monoisotopic (exact) mass is 410 g/mol. The van der Waals surface area contributed by atoms with Crippen molar-refractivity contribution in [3.05, 3.63) is 101 Å². The first-order valence-electron chi connectivity index (χ1n) is 10.5. The lowest BCUT2D eigenvalue weighted by molar-refractivity contribution is 0.102. The van der Waals surface area contributed by atoms with E-state index in [-0.39, 0.29) is 5.91 Å². The smallest absolute Gasteiger partial charge is 0.255 e. The molecule has 0 aliphatic rings. The van der Waals surface area contributed by atoms with Gasteiger partial charge in [-0.05, 0) is 73.9 Å². The van der Waals surface area contributed by atoms with E-state index in [1.54, 1.807) is 6.20 Å². The van der Waals surface area contributed by atoms with Crippen LogP contribution in [0.3, 0.4) is 0 Å². The maximum absolute atomic E-state index is 12.8. The molecule has 0 saturated carbocycles. The second-order valence-corrected chi connectivity index (χ2v) is 7.68. The molecule has 0 atom stereocenters. The number of benzene rings is 2. The Bertz CT molecular complexity index is 1190. The van der Waals surface area contributed by atoms with E-state index < -0.39 is 0 Å². The van der Waals surface area contributed by atoms with Crippen LogP contribution in [-0.4, -0.2) is 20.7 Å². The van der Waals surface area contributed by atoms with Gasteiger partial charge in [0.1, 0.15) is 0 Å². The third kappa shape index (κ3) is 4.72. The van der Waals surface area contributed by atoms with Gasteiger partial charge in [0.25, 0.3) is 5.91 Å². The zero-order valence-corrected chi connectivity index (χ0v) is 18.1. The second-order valence-electron chi connectivity index (χ2n) is 7.68. The average molecular weight is 411 g/mol. The molecule has 2 aromatic carbocycles. The van der Waals surface area contributed by atoms with Gasteiger partial charge in [-0.2, -0.15) is 5.10 Å². The number of anilines is 1. The summed E-state index contributed by atoms with van der Waals surface area (Å²) in [4.78, 5) is 17.3. The minimum Gasteiger partial charge on any atom is -0.322 e. The molecule has 2 aromatic heterocycles. The number of rotatable bonds is 6. The first-order chi connectivity index (χ1) is 15.0. The highest BCUT2D eigenvalue weighted by Crippen LogP contribution is 2.26. The summed E-state index contributed by atoms with van der Waals surface area (Å²) < 4.78 is 1.97. The number of carbonyl (C=O) groups is 1. The van der Waals surface area contributed by atoms with Gasteiger partial charge in [-0.3, -0.25) is 14.5 Å². The lowest BCUT2D eigenvalue weighted by Crippen LogP contribution is -2.12. The molecule has 1 N–H and O–H groups in total. The van der Waals surface area contributed by atoms with Crippen molar-refractivity contribution >= 4 is 11.6 Å². The molecule has 0 aliphatic carbocycles. The molecule has 0 radical (unpaired) electrons. The van der Waals surface area contributed by atoms with E-state index in [1.807, 2.05) is 73.1 Å². The third-order valence-electron chi connectivity index (χ3n) is 5.34. The molecule has 4 aromatic rings. The van der Waals surface area contributed by atoms with Gasteiger partial charge in [0.05, 0.1) is 17.9 Å². The van der Waals surface area contributed by atoms with Crippen molar-refractivity contribution in [2.75, 3.05) is 5.32 Å². The van der Waals surface area contributed by atoms with E-state index >= 15 is 0 Å². The topological polar surface area (TPSA) is 59.8 Å². The van der Waals surface area contributed by atoms with Gasteiger partial charge < -0.3 is 5.32 Å². The van der Waals surface area contributed by atoms with Crippen molar-refractivity contribution < 1.29 is 4.79 Å². The lowest BCUT2D eigenvalue weighted by atomic mass is 10.0. The summed E-state index contributed by atoms with van der Waals surface area (Å²) in [6.45, 7) is 6.84. The van der Waals surface area contributed by atoms with Crippen LogP contribution in [0.2, 0.25) is 0 Å². The van der Waals surface area contributed by atoms with E-state index in [0.717, 1.165) is 40.3 Å². The first kappa shape index (κ1) is 20.5. The second kappa shape index (κ2) is 8.96. The van der Waals surface area contributed by atoms with Gasteiger partial charge >= 0.3 is 0 Å². The standard InChI is InChI=1S/C26H26N4O/c1-4-21-12-13-23(16-24(21)25-7-5-6-14-27-25)28-26(31)22-10-8-20(9-11-22)17-30-19(3)15-18(2)29-30/h5-16H,4,17H2,1-3H3,(H,28,31). The molecule has 0 spiro atoms. The zero-order valence-electron chi connectivity index (χ0n) is 18.1. The van der Waals surface area contributed by atoms with Crippen LogP contribution in [0.1, 0.15) is 39.8 Å². The highest BCUT2D eigenvalue weighted by molar-refractivity contribution is 6.04. The molecule has 2 heterocycles.